The molecule has 0 saturated heterocycles. The third-order valence-electron chi connectivity index (χ3n) is 3.42. The summed E-state index contributed by atoms with van der Waals surface area (Å²) in [5, 5.41) is 0. The Kier molecular flexibility index (Phi) is 3.43. The van der Waals surface area contributed by atoms with E-state index in [-0.39, 0.29) is 18.1 Å². The Hall–Kier alpha value is -1.75. The van der Waals surface area contributed by atoms with E-state index in [2.05, 4.69) is 4.90 Å². The van der Waals surface area contributed by atoms with Gasteiger partial charge in [0, 0.05) is 13.6 Å². The zero-order chi connectivity index (χ0) is 13.3. The minimum atomic E-state index is -0.347. The van der Waals surface area contributed by atoms with Gasteiger partial charge in [-0.25, -0.2) is 4.79 Å². The lowest BCUT2D eigenvalue weighted by atomic mass is 10.1. The molecule has 0 spiro atoms. The van der Waals surface area contributed by atoms with Gasteiger partial charge in [-0.1, -0.05) is 0 Å². The molecule has 0 saturated carbocycles. The number of rotatable bonds is 2. The Balaban J connectivity index is 2.39. The van der Waals surface area contributed by atoms with E-state index in [9.17, 15) is 4.79 Å². The number of hydrogen-bond donors (Lipinski definition) is 1. The molecule has 2 rings (SSSR count). The topological polar surface area (TPSA) is 64.8 Å². The summed E-state index contributed by atoms with van der Waals surface area (Å²) in [7, 11) is 3.34. The molecule has 1 aromatic rings. The van der Waals surface area contributed by atoms with E-state index in [1.165, 1.54) is 7.11 Å². The molecule has 2 atom stereocenters. The highest BCUT2D eigenvalue weighted by molar-refractivity contribution is 5.91. The quantitative estimate of drug-likeness (QED) is 0.794. The number of carbonyl (C=O) groups is 1. The van der Waals surface area contributed by atoms with Crippen molar-refractivity contribution >= 4 is 11.7 Å². The lowest BCUT2D eigenvalue weighted by Gasteiger charge is -2.39. The van der Waals surface area contributed by atoms with Crippen LogP contribution in [0.25, 0.3) is 0 Å². The summed E-state index contributed by atoms with van der Waals surface area (Å²) in [6.07, 6.45) is -0.0357. The maximum absolute atomic E-state index is 11.5. The van der Waals surface area contributed by atoms with E-state index < -0.39 is 0 Å². The largest absolute Gasteiger partial charge is 0.485 e. The highest BCUT2D eigenvalue weighted by Crippen LogP contribution is 2.35. The van der Waals surface area contributed by atoms with Crippen LogP contribution in [0.5, 0.6) is 5.75 Å². The minimum Gasteiger partial charge on any atom is -0.485 e. The zero-order valence-electron chi connectivity index (χ0n) is 10.8. The summed E-state index contributed by atoms with van der Waals surface area (Å²) in [5.41, 5.74) is 7.09. The van der Waals surface area contributed by atoms with Gasteiger partial charge in [0.25, 0.3) is 0 Å². The molecule has 1 heterocycles. The monoisotopic (exact) mass is 250 g/mol. The zero-order valence-corrected chi connectivity index (χ0v) is 10.8. The van der Waals surface area contributed by atoms with Gasteiger partial charge in [0.1, 0.15) is 11.9 Å². The van der Waals surface area contributed by atoms with Crippen LogP contribution in [0.15, 0.2) is 18.2 Å². The molecule has 18 heavy (non-hydrogen) atoms. The number of anilines is 1. The average molecular weight is 250 g/mol. The van der Waals surface area contributed by atoms with Crippen molar-refractivity contribution in [1.29, 1.82) is 0 Å². The molecule has 5 heteroatoms. The number of hydrogen-bond acceptors (Lipinski definition) is 5. The van der Waals surface area contributed by atoms with Gasteiger partial charge in [-0.05, 0) is 25.1 Å². The van der Waals surface area contributed by atoms with Crippen LogP contribution in [-0.4, -0.2) is 38.8 Å². The van der Waals surface area contributed by atoms with Crippen LogP contribution < -0.4 is 15.4 Å². The number of carbonyl (C=O) groups excluding carboxylic acids is 1. The summed E-state index contributed by atoms with van der Waals surface area (Å²) >= 11 is 0. The van der Waals surface area contributed by atoms with Gasteiger partial charge in [-0.15, -0.1) is 0 Å². The fourth-order valence-electron chi connectivity index (χ4n) is 2.11. The smallest absolute Gasteiger partial charge is 0.337 e. The standard InChI is InChI=1S/C13H18N2O3/c1-8-12(7-14)18-11-5-4-9(13(16)17-3)6-10(11)15(8)2/h4-6,8,12H,7,14H2,1-3H3. The van der Waals surface area contributed by atoms with Crippen molar-refractivity contribution in [2.75, 3.05) is 25.6 Å². The summed E-state index contributed by atoms with van der Waals surface area (Å²) in [6, 6.07) is 5.43. The van der Waals surface area contributed by atoms with E-state index in [4.69, 9.17) is 15.2 Å². The summed E-state index contributed by atoms with van der Waals surface area (Å²) in [4.78, 5) is 13.6. The molecule has 1 aliphatic heterocycles. The number of nitrogens with zero attached hydrogens (tertiary/aromatic N) is 1. The molecule has 0 aromatic heterocycles. The van der Waals surface area contributed by atoms with Crippen molar-refractivity contribution in [3.8, 4) is 5.75 Å². The van der Waals surface area contributed by atoms with Crippen molar-refractivity contribution in [3.05, 3.63) is 23.8 Å². The van der Waals surface area contributed by atoms with Crippen molar-refractivity contribution in [2.24, 2.45) is 5.73 Å². The van der Waals surface area contributed by atoms with E-state index in [1.807, 2.05) is 14.0 Å². The van der Waals surface area contributed by atoms with Gasteiger partial charge in [-0.3, -0.25) is 0 Å². The van der Waals surface area contributed by atoms with Crippen molar-refractivity contribution in [3.63, 3.8) is 0 Å². The van der Waals surface area contributed by atoms with E-state index in [1.54, 1.807) is 18.2 Å². The van der Waals surface area contributed by atoms with Gasteiger partial charge in [-0.2, -0.15) is 0 Å². The van der Waals surface area contributed by atoms with Gasteiger partial charge < -0.3 is 20.1 Å². The predicted molar refractivity (Wildman–Crippen MR) is 69.1 cm³/mol. The van der Waals surface area contributed by atoms with Crippen LogP contribution in [0.4, 0.5) is 5.69 Å². The first-order chi connectivity index (χ1) is 8.58. The van der Waals surface area contributed by atoms with Crippen LogP contribution in [0.1, 0.15) is 17.3 Å². The Bertz CT molecular complexity index is 462. The van der Waals surface area contributed by atoms with E-state index in [0.717, 1.165) is 11.4 Å². The number of methoxy groups -OCH3 is 1. The lowest BCUT2D eigenvalue weighted by molar-refractivity contribution is 0.0600. The molecule has 0 amide bonds. The van der Waals surface area contributed by atoms with Crippen molar-refractivity contribution in [1.82, 2.24) is 0 Å². The minimum absolute atomic E-state index is 0.0357. The second kappa shape index (κ2) is 4.86. The van der Waals surface area contributed by atoms with Gasteiger partial charge in [0.15, 0.2) is 0 Å². The van der Waals surface area contributed by atoms with Gasteiger partial charge in [0.2, 0.25) is 0 Å². The van der Waals surface area contributed by atoms with Crippen molar-refractivity contribution in [2.45, 2.75) is 19.1 Å². The van der Waals surface area contributed by atoms with Crippen LogP contribution >= 0.6 is 0 Å². The molecule has 2 N–H and O–H groups in total. The summed E-state index contributed by atoms with van der Waals surface area (Å²) in [6.45, 7) is 2.51. The van der Waals surface area contributed by atoms with Crippen LogP contribution in [0.2, 0.25) is 0 Å². The van der Waals surface area contributed by atoms with Crippen LogP contribution in [0.3, 0.4) is 0 Å². The molecule has 1 aromatic carbocycles. The van der Waals surface area contributed by atoms with Crippen molar-refractivity contribution < 1.29 is 14.3 Å². The number of ether oxygens (including phenoxy) is 2. The molecular formula is C13H18N2O3. The highest BCUT2D eigenvalue weighted by atomic mass is 16.5. The molecule has 0 radical (unpaired) electrons. The molecular weight excluding hydrogens is 232 g/mol. The second-order valence-electron chi connectivity index (χ2n) is 4.42. The summed E-state index contributed by atoms with van der Waals surface area (Å²) < 4.78 is 10.5. The van der Waals surface area contributed by atoms with E-state index >= 15 is 0 Å². The Morgan fingerprint density at radius 1 is 1.56 bits per heavy atom. The Morgan fingerprint density at radius 3 is 2.89 bits per heavy atom. The molecule has 0 fully saturated rings. The lowest BCUT2D eigenvalue weighted by Crippen LogP contribution is -2.49. The Morgan fingerprint density at radius 2 is 2.28 bits per heavy atom. The normalized spacial score (nSPS) is 22.1. The van der Waals surface area contributed by atoms with Crippen LogP contribution in [0, 0.1) is 0 Å². The molecule has 98 valence electrons. The third-order valence-corrected chi connectivity index (χ3v) is 3.42. The fraction of sp³-hybridized carbons (Fsp3) is 0.462. The first-order valence-electron chi connectivity index (χ1n) is 5.90. The maximum Gasteiger partial charge on any atom is 0.337 e. The average Bonchev–Trinajstić information content (AvgIpc) is 2.41. The molecule has 0 bridgehead atoms. The number of likely N-dealkylation sites (N-methyl/N-ethyl adjacent to an activating group) is 1. The second-order valence-corrected chi connectivity index (χ2v) is 4.42. The van der Waals surface area contributed by atoms with Gasteiger partial charge >= 0.3 is 5.97 Å². The third kappa shape index (κ3) is 2.01. The molecule has 5 nitrogen and oxygen atoms in total. The number of nitrogens with two attached hydrogens (primary N) is 1. The van der Waals surface area contributed by atoms with E-state index in [0.29, 0.717) is 12.1 Å². The number of benzene rings is 1. The Labute approximate surface area is 106 Å². The first kappa shape index (κ1) is 12.7. The maximum atomic E-state index is 11.5. The fourth-order valence-corrected chi connectivity index (χ4v) is 2.11. The number of esters is 1. The predicted octanol–water partition coefficient (Wildman–Crippen LogP) is 1.02. The molecule has 0 aliphatic carbocycles. The number of fused-ring (bicyclic) bond motifs is 1. The molecule has 1 aliphatic rings. The van der Waals surface area contributed by atoms with Gasteiger partial charge in [0.05, 0.1) is 24.4 Å². The SMILES string of the molecule is COC(=O)c1ccc2c(c1)N(C)C(C)C(CN)O2. The first-order valence-corrected chi connectivity index (χ1v) is 5.90. The van der Waals surface area contributed by atoms with Crippen LogP contribution in [-0.2, 0) is 4.74 Å². The summed E-state index contributed by atoms with van der Waals surface area (Å²) in [5.74, 6) is 0.401. The molecule has 2 unspecified atom stereocenters. The highest BCUT2D eigenvalue weighted by Gasteiger charge is 2.30.